The van der Waals surface area contributed by atoms with Crippen molar-refractivity contribution < 1.29 is 14.3 Å². The second kappa shape index (κ2) is 9.13. The Morgan fingerprint density at radius 3 is 2.43 bits per heavy atom. The van der Waals surface area contributed by atoms with Gasteiger partial charge in [0, 0.05) is 12.5 Å². The van der Waals surface area contributed by atoms with E-state index in [1.165, 1.54) is 7.11 Å². The van der Waals surface area contributed by atoms with E-state index in [0.717, 1.165) is 18.5 Å². The smallest absolute Gasteiger partial charge is 0.333 e. The van der Waals surface area contributed by atoms with E-state index in [0.29, 0.717) is 12.5 Å². The van der Waals surface area contributed by atoms with Crippen LogP contribution in [0.25, 0.3) is 0 Å². The van der Waals surface area contributed by atoms with Crippen molar-refractivity contribution in [2.75, 3.05) is 13.7 Å². The molecule has 1 aromatic rings. The minimum absolute atomic E-state index is 0.153. The summed E-state index contributed by atoms with van der Waals surface area (Å²) in [6, 6.07) is 8.75. The Kier molecular flexibility index (Phi) is 7.46. The van der Waals surface area contributed by atoms with Gasteiger partial charge in [-0.2, -0.15) is 0 Å². The van der Waals surface area contributed by atoms with Crippen LogP contribution in [0.4, 0.5) is 0 Å². The van der Waals surface area contributed by atoms with Gasteiger partial charge in [-0.15, -0.1) is 0 Å². The summed E-state index contributed by atoms with van der Waals surface area (Å²) in [4.78, 5) is 23.8. The molecule has 2 N–H and O–H groups in total. The predicted molar refractivity (Wildman–Crippen MR) is 81.7 cm³/mol. The van der Waals surface area contributed by atoms with Crippen molar-refractivity contribution in [3.63, 3.8) is 0 Å². The molecule has 1 rings (SSSR count). The van der Waals surface area contributed by atoms with E-state index in [1.807, 2.05) is 18.2 Å². The van der Waals surface area contributed by atoms with E-state index >= 15 is 0 Å². The molecular weight excluding hydrogens is 268 g/mol. The zero-order valence-electron chi connectivity index (χ0n) is 12.9. The van der Waals surface area contributed by atoms with E-state index in [9.17, 15) is 9.59 Å². The monoisotopic (exact) mass is 292 g/mol. The SMILES string of the molecule is COC(=O)C(NC(=O)CCCNC(C)C)c1ccccc1. The Hall–Kier alpha value is -1.88. The summed E-state index contributed by atoms with van der Waals surface area (Å²) in [5, 5.41) is 5.98. The lowest BCUT2D eigenvalue weighted by molar-refractivity contribution is -0.145. The second-order valence-electron chi connectivity index (χ2n) is 5.15. The molecular formula is C16H24N2O3. The van der Waals surface area contributed by atoms with Crippen molar-refractivity contribution in [1.82, 2.24) is 10.6 Å². The molecule has 21 heavy (non-hydrogen) atoms. The van der Waals surface area contributed by atoms with Crippen molar-refractivity contribution in [2.24, 2.45) is 0 Å². The highest BCUT2D eigenvalue weighted by molar-refractivity contribution is 5.85. The number of methoxy groups -OCH3 is 1. The molecule has 0 heterocycles. The average Bonchev–Trinajstić information content (AvgIpc) is 2.49. The minimum atomic E-state index is -0.748. The van der Waals surface area contributed by atoms with E-state index in [4.69, 9.17) is 4.74 Å². The third-order valence-electron chi connectivity index (χ3n) is 3.01. The quantitative estimate of drug-likeness (QED) is 0.566. The molecule has 1 atom stereocenters. The standard InChI is InChI=1S/C16H24N2O3/c1-12(2)17-11-7-10-14(19)18-15(16(20)21-3)13-8-5-4-6-9-13/h4-6,8-9,12,15,17H,7,10-11H2,1-3H3,(H,18,19). The van der Waals surface area contributed by atoms with Gasteiger partial charge in [-0.05, 0) is 18.5 Å². The maximum atomic E-state index is 11.9. The first-order chi connectivity index (χ1) is 10.0. The molecule has 0 aliphatic heterocycles. The molecule has 0 radical (unpaired) electrons. The largest absolute Gasteiger partial charge is 0.467 e. The van der Waals surface area contributed by atoms with Gasteiger partial charge in [-0.25, -0.2) is 4.79 Å². The van der Waals surface area contributed by atoms with Crippen LogP contribution >= 0.6 is 0 Å². The number of rotatable bonds is 8. The van der Waals surface area contributed by atoms with Crippen molar-refractivity contribution in [3.05, 3.63) is 35.9 Å². The molecule has 0 saturated heterocycles. The van der Waals surface area contributed by atoms with Gasteiger partial charge >= 0.3 is 5.97 Å². The first-order valence-corrected chi connectivity index (χ1v) is 7.20. The molecule has 0 fully saturated rings. The summed E-state index contributed by atoms with van der Waals surface area (Å²) in [6.45, 7) is 4.89. The van der Waals surface area contributed by atoms with Gasteiger partial charge in [0.15, 0.2) is 6.04 Å². The van der Waals surface area contributed by atoms with Gasteiger partial charge < -0.3 is 15.4 Å². The van der Waals surface area contributed by atoms with Gasteiger partial charge in [0.1, 0.15) is 0 Å². The minimum Gasteiger partial charge on any atom is -0.467 e. The summed E-state index contributed by atoms with van der Waals surface area (Å²) in [5.41, 5.74) is 0.720. The third kappa shape index (κ3) is 6.40. The fraction of sp³-hybridized carbons (Fsp3) is 0.500. The molecule has 116 valence electrons. The lowest BCUT2D eigenvalue weighted by atomic mass is 10.1. The Morgan fingerprint density at radius 2 is 1.86 bits per heavy atom. The van der Waals surface area contributed by atoms with Crippen LogP contribution in [-0.2, 0) is 14.3 Å². The van der Waals surface area contributed by atoms with Crippen LogP contribution in [0.2, 0.25) is 0 Å². The van der Waals surface area contributed by atoms with Crippen LogP contribution in [0.5, 0.6) is 0 Å². The Bertz CT molecular complexity index is 446. The first-order valence-electron chi connectivity index (χ1n) is 7.20. The second-order valence-corrected chi connectivity index (χ2v) is 5.15. The Morgan fingerprint density at radius 1 is 1.19 bits per heavy atom. The normalized spacial score (nSPS) is 12.0. The topological polar surface area (TPSA) is 67.4 Å². The molecule has 0 spiro atoms. The van der Waals surface area contributed by atoms with Crippen LogP contribution in [0.3, 0.4) is 0 Å². The maximum absolute atomic E-state index is 11.9. The summed E-state index contributed by atoms with van der Waals surface area (Å²) in [7, 11) is 1.32. The Balaban J connectivity index is 2.53. The first kappa shape index (κ1) is 17.2. The highest BCUT2D eigenvalue weighted by Gasteiger charge is 2.22. The number of hydrogen-bond donors (Lipinski definition) is 2. The summed E-state index contributed by atoms with van der Waals surface area (Å²) >= 11 is 0. The number of benzene rings is 1. The highest BCUT2D eigenvalue weighted by atomic mass is 16.5. The number of esters is 1. The number of carbonyl (C=O) groups is 2. The summed E-state index contributed by atoms with van der Waals surface area (Å²) in [6.07, 6.45) is 1.10. The molecule has 0 aliphatic rings. The van der Waals surface area contributed by atoms with E-state index in [-0.39, 0.29) is 5.91 Å². The molecule has 0 aliphatic carbocycles. The van der Waals surface area contributed by atoms with Crippen molar-refractivity contribution >= 4 is 11.9 Å². The predicted octanol–water partition coefficient (Wildman–Crippen LogP) is 1.80. The molecule has 0 aromatic heterocycles. The average molecular weight is 292 g/mol. The lowest BCUT2D eigenvalue weighted by Crippen LogP contribution is -2.35. The van der Waals surface area contributed by atoms with E-state index in [1.54, 1.807) is 12.1 Å². The van der Waals surface area contributed by atoms with Crippen LogP contribution in [0.1, 0.15) is 38.3 Å². The van der Waals surface area contributed by atoms with Crippen molar-refractivity contribution in [2.45, 2.75) is 38.8 Å². The number of hydrogen-bond acceptors (Lipinski definition) is 4. The summed E-state index contributed by atoms with van der Waals surface area (Å²) in [5.74, 6) is -0.616. The Labute approximate surface area is 126 Å². The number of carbonyl (C=O) groups excluding carboxylic acids is 2. The van der Waals surface area contributed by atoms with E-state index in [2.05, 4.69) is 24.5 Å². The van der Waals surface area contributed by atoms with Crippen LogP contribution in [0.15, 0.2) is 30.3 Å². The van der Waals surface area contributed by atoms with Crippen molar-refractivity contribution in [1.29, 1.82) is 0 Å². The molecule has 0 bridgehead atoms. The van der Waals surface area contributed by atoms with Crippen LogP contribution < -0.4 is 10.6 Å². The third-order valence-corrected chi connectivity index (χ3v) is 3.01. The van der Waals surface area contributed by atoms with Gasteiger partial charge in [0.05, 0.1) is 7.11 Å². The molecule has 1 amide bonds. The van der Waals surface area contributed by atoms with Gasteiger partial charge in [-0.1, -0.05) is 44.2 Å². The number of nitrogens with one attached hydrogen (secondary N) is 2. The molecule has 0 saturated carbocycles. The van der Waals surface area contributed by atoms with Gasteiger partial charge in [-0.3, -0.25) is 4.79 Å². The molecule has 1 unspecified atom stereocenters. The van der Waals surface area contributed by atoms with E-state index < -0.39 is 12.0 Å². The number of ether oxygens (including phenoxy) is 1. The van der Waals surface area contributed by atoms with Crippen molar-refractivity contribution in [3.8, 4) is 0 Å². The highest BCUT2D eigenvalue weighted by Crippen LogP contribution is 2.14. The fourth-order valence-electron chi connectivity index (χ4n) is 1.91. The number of amides is 1. The summed E-state index contributed by atoms with van der Waals surface area (Å²) < 4.78 is 4.76. The van der Waals surface area contributed by atoms with Crippen LogP contribution in [0, 0.1) is 0 Å². The van der Waals surface area contributed by atoms with Gasteiger partial charge in [0.25, 0.3) is 0 Å². The zero-order valence-corrected chi connectivity index (χ0v) is 12.9. The molecule has 5 heteroatoms. The molecule has 5 nitrogen and oxygen atoms in total. The van der Waals surface area contributed by atoms with Gasteiger partial charge in [0.2, 0.25) is 5.91 Å². The lowest BCUT2D eigenvalue weighted by Gasteiger charge is -2.17. The fourth-order valence-corrected chi connectivity index (χ4v) is 1.91. The van der Waals surface area contributed by atoms with Crippen LogP contribution in [-0.4, -0.2) is 31.6 Å². The maximum Gasteiger partial charge on any atom is 0.333 e. The zero-order chi connectivity index (χ0) is 15.7. The molecule has 1 aromatic carbocycles.